The summed E-state index contributed by atoms with van der Waals surface area (Å²) < 4.78 is 0. The highest BCUT2D eigenvalue weighted by molar-refractivity contribution is 6.30. The maximum atomic E-state index is 12.2. The van der Waals surface area contributed by atoms with Crippen molar-refractivity contribution in [2.75, 3.05) is 18.9 Å². The standard InChI is InChI=1S/C18H19ClN2O2/c1-13(22)16-8-3-4-9-17(16)20-18(23)12-21(2)11-14-6-5-7-15(19)10-14/h3-10H,11-12H2,1-2H3,(H,20,23). The van der Waals surface area contributed by atoms with Crippen molar-refractivity contribution in [3.63, 3.8) is 0 Å². The molecule has 1 N–H and O–H groups in total. The molecule has 5 heteroatoms. The second-order valence-electron chi connectivity index (χ2n) is 5.45. The summed E-state index contributed by atoms with van der Waals surface area (Å²) in [6.45, 7) is 2.32. The van der Waals surface area contributed by atoms with Gasteiger partial charge in [0.05, 0.1) is 12.2 Å². The van der Waals surface area contributed by atoms with Crippen molar-refractivity contribution >= 4 is 29.0 Å². The zero-order chi connectivity index (χ0) is 16.8. The Morgan fingerprint density at radius 2 is 1.87 bits per heavy atom. The summed E-state index contributed by atoms with van der Waals surface area (Å²) in [4.78, 5) is 25.6. The van der Waals surface area contributed by atoms with E-state index < -0.39 is 0 Å². The summed E-state index contributed by atoms with van der Waals surface area (Å²) in [6, 6.07) is 14.5. The normalized spacial score (nSPS) is 10.6. The van der Waals surface area contributed by atoms with Gasteiger partial charge in [-0.15, -0.1) is 0 Å². The van der Waals surface area contributed by atoms with Crippen molar-refractivity contribution < 1.29 is 9.59 Å². The topological polar surface area (TPSA) is 49.4 Å². The number of hydrogen-bond acceptors (Lipinski definition) is 3. The number of Topliss-reactive ketones (excluding diaryl/α,β-unsaturated/α-hetero) is 1. The molecule has 2 rings (SSSR count). The minimum Gasteiger partial charge on any atom is -0.324 e. The molecule has 0 aliphatic heterocycles. The van der Waals surface area contributed by atoms with Gasteiger partial charge in [-0.25, -0.2) is 0 Å². The number of nitrogens with one attached hydrogen (secondary N) is 1. The van der Waals surface area contributed by atoms with E-state index >= 15 is 0 Å². The molecule has 0 aliphatic rings. The third-order valence-electron chi connectivity index (χ3n) is 3.34. The molecule has 0 fully saturated rings. The number of likely N-dealkylation sites (N-methyl/N-ethyl adjacent to an activating group) is 1. The van der Waals surface area contributed by atoms with Crippen molar-refractivity contribution in [2.24, 2.45) is 0 Å². The zero-order valence-electron chi connectivity index (χ0n) is 13.2. The molecule has 23 heavy (non-hydrogen) atoms. The molecule has 0 atom stereocenters. The van der Waals surface area contributed by atoms with E-state index in [1.54, 1.807) is 24.3 Å². The van der Waals surface area contributed by atoms with Gasteiger partial charge in [0.25, 0.3) is 0 Å². The summed E-state index contributed by atoms with van der Waals surface area (Å²) in [7, 11) is 1.86. The molecule has 0 aliphatic carbocycles. The lowest BCUT2D eigenvalue weighted by molar-refractivity contribution is -0.117. The third kappa shape index (κ3) is 5.20. The van der Waals surface area contributed by atoms with Gasteiger partial charge in [-0.05, 0) is 43.8 Å². The van der Waals surface area contributed by atoms with E-state index in [2.05, 4.69) is 5.32 Å². The number of nitrogens with zero attached hydrogens (tertiary/aromatic N) is 1. The highest BCUT2D eigenvalue weighted by Crippen LogP contribution is 2.16. The maximum absolute atomic E-state index is 12.2. The number of rotatable bonds is 6. The molecule has 2 aromatic rings. The summed E-state index contributed by atoms with van der Waals surface area (Å²) in [5.41, 5.74) is 2.09. The van der Waals surface area contributed by atoms with Crippen LogP contribution in [0.4, 0.5) is 5.69 Å². The SMILES string of the molecule is CC(=O)c1ccccc1NC(=O)CN(C)Cc1cccc(Cl)c1. The number of hydrogen-bond donors (Lipinski definition) is 1. The Labute approximate surface area is 141 Å². The molecule has 120 valence electrons. The number of amides is 1. The summed E-state index contributed by atoms with van der Waals surface area (Å²) in [6.07, 6.45) is 0. The summed E-state index contributed by atoms with van der Waals surface area (Å²) in [5.74, 6) is -0.239. The van der Waals surface area contributed by atoms with Crippen molar-refractivity contribution in [1.82, 2.24) is 4.90 Å². The fourth-order valence-electron chi connectivity index (χ4n) is 2.34. The smallest absolute Gasteiger partial charge is 0.238 e. The van der Waals surface area contributed by atoms with Gasteiger partial charge in [-0.1, -0.05) is 35.9 Å². The fraction of sp³-hybridized carbons (Fsp3) is 0.222. The lowest BCUT2D eigenvalue weighted by Gasteiger charge is -2.17. The molecular weight excluding hydrogens is 312 g/mol. The molecule has 0 radical (unpaired) electrons. The first kappa shape index (κ1) is 17.2. The molecule has 0 bridgehead atoms. The quantitative estimate of drug-likeness (QED) is 0.823. The van der Waals surface area contributed by atoms with Crippen LogP contribution in [0.2, 0.25) is 5.02 Å². The summed E-state index contributed by atoms with van der Waals surface area (Å²) in [5, 5.41) is 3.47. The maximum Gasteiger partial charge on any atom is 0.238 e. The Hall–Kier alpha value is -2.17. The van der Waals surface area contributed by atoms with Crippen LogP contribution in [-0.2, 0) is 11.3 Å². The van der Waals surface area contributed by atoms with Gasteiger partial charge in [0, 0.05) is 17.1 Å². The molecule has 0 heterocycles. The van der Waals surface area contributed by atoms with Gasteiger partial charge >= 0.3 is 0 Å². The highest BCUT2D eigenvalue weighted by Gasteiger charge is 2.11. The van der Waals surface area contributed by atoms with Crippen LogP contribution in [0.25, 0.3) is 0 Å². The molecule has 0 aromatic heterocycles. The Kier molecular flexibility index (Phi) is 5.90. The van der Waals surface area contributed by atoms with Crippen LogP contribution in [0.3, 0.4) is 0 Å². The van der Waals surface area contributed by atoms with E-state index in [0.717, 1.165) is 5.56 Å². The Morgan fingerprint density at radius 3 is 2.57 bits per heavy atom. The lowest BCUT2D eigenvalue weighted by atomic mass is 10.1. The van der Waals surface area contributed by atoms with E-state index in [9.17, 15) is 9.59 Å². The fourth-order valence-corrected chi connectivity index (χ4v) is 2.55. The second-order valence-corrected chi connectivity index (χ2v) is 5.89. The first-order chi connectivity index (χ1) is 11.0. The third-order valence-corrected chi connectivity index (χ3v) is 3.57. The number of para-hydroxylation sites is 1. The van der Waals surface area contributed by atoms with Crippen molar-refractivity contribution in [3.05, 3.63) is 64.7 Å². The number of halogens is 1. The van der Waals surface area contributed by atoms with Gasteiger partial charge in [0.2, 0.25) is 5.91 Å². The number of benzene rings is 2. The molecular formula is C18H19ClN2O2. The Morgan fingerprint density at radius 1 is 1.13 bits per heavy atom. The molecule has 0 saturated carbocycles. The second kappa shape index (κ2) is 7.90. The number of carbonyl (C=O) groups excluding carboxylic acids is 2. The van der Waals surface area contributed by atoms with E-state index in [1.165, 1.54) is 6.92 Å². The van der Waals surface area contributed by atoms with Crippen LogP contribution >= 0.6 is 11.6 Å². The van der Waals surface area contributed by atoms with Crippen molar-refractivity contribution in [2.45, 2.75) is 13.5 Å². The average Bonchev–Trinajstić information content (AvgIpc) is 2.47. The van der Waals surface area contributed by atoms with Crippen LogP contribution in [0.15, 0.2) is 48.5 Å². The largest absolute Gasteiger partial charge is 0.324 e. The number of anilines is 1. The minimum absolute atomic E-state index is 0.0758. The van der Waals surface area contributed by atoms with Gasteiger partial charge in [0.1, 0.15) is 0 Å². The van der Waals surface area contributed by atoms with Gasteiger partial charge in [0.15, 0.2) is 5.78 Å². The van der Waals surface area contributed by atoms with E-state index in [1.807, 2.05) is 36.2 Å². The van der Waals surface area contributed by atoms with Crippen LogP contribution < -0.4 is 5.32 Å². The van der Waals surface area contributed by atoms with Crippen molar-refractivity contribution in [1.29, 1.82) is 0 Å². The zero-order valence-corrected chi connectivity index (χ0v) is 13.9. The molecule has 4 nitrogen and oxygen atoms in total. The molecule has 0 saturated heterocycles. The minimum atomic E-state index is -0.164. The predicted octanol–water partition coefficient (Wildman–Crippen LogP) is 3.61. The summed E-state index contributed by atoms with van der Waals surface area (Å²) >= 11 is 5.96. The van der Waals surface area contributed by atoms with Gasteiger partial charge < -0.3 is 5.32 Å². The molecule has 0 spiro atoms. The Bertz CT molecular complexity index is 716. The number of ketones is 1. The predicted molar refractivity (Wildman–Crippen MR) is 92.9 cm³/mol. The Balaban J connectivity index is 1.96. The number of carbonyl (C=O) groups is 2. The lowest BCUT2D eigenvalue weighted by Crippen LogP contribution is -2.30. The van der Waals surface area contributed by atoms with E-state index in [-0.39, 0.29) is 18.2 Å². The molecule has 2 aromatic carbocycles. The van der Waals surface area contributed by atoms with Crippen LogP contribution in [-0.4, -0.2) is 30.2 Å². The first-order valence-electron chi connectivity index (χ1n) is 7.28. The van der Waals surface area contributed by atoms with Crippen LogP contribution in [0.1, 0.15) is 22.8 Å². The van der Waals surface area contributed by atoms with E-state index in [0.29, 0.717) is 22.8 Å². The van der Waals surface area contributed by atoms with Gasteiger partial charge in [-0.2, -0.15) is 0 Å². The first-order valence-corrected chi connectivity index (χ1v) is 7.66. The molecule has 0 unspecified atom stereocenters. The van der Waals surface area contributed by atoms with Crippen molar-refractivity contribution in [3.8, 4) is 0 Å². The van der Waals surface area contributed by atoms with Crippen LogP contribution in [0, 0.1) is 0 Å². The van der Waals surface area contributed by atoms with E-state index in [4.69, 9.17) is 11.6 Å². The average molecular weight is 331 g/mol. The monoisotopic (exact) mass is 330 g/mol. The van der Waals surface area contributed by atoms with Gasteiger partial charge in [-0.3, -0.25) is 14.5 Å². The molecule has 1 amide bonds. The van der Waals surface area contributed by atoms with Crippen LogP contribution in [0.5, 0.6) is 0 Å². The highest BCUT2D eigenvalue weighted by atomic mass is 35.5.